The minimum Gasteiger partial charge on any atom is -0.352 e. The molecule has 1 fully saturated rings. The number of carbonyl (C=O) groups is 3. The van der Waals surface area contributed by atoms with Crippen molar-refractivity contribution in [2.75, 3.05) is 11.4 Å². The van der Waals surface area contributed by atoms with Gasteiger partial charge in [0, 0.05) is 30.0 Å². The van der Waals surface area contributed by atoms with E-state index in [-0.39, 0.29) is 36.9 Å². The van der Waals surface area contributed by atoms with Crippen LogP contribution in [0.15, 0.2) is 91.0 Å². The maximum Gasteiger partial charge on any atom is 0.259 e. The first-order valence-corrected chi connectivity index (χ1v) is 14.5. The zero-order chi connectivity index (χ0) is 28.3. The van der Waals surface area contributed by atoms with Gasteiger partial charge in [0.25, 0.3) is 5.91 Å². The summed E-state index contributed by atoms with van der Waals surface area (Å²) in [4.78, 5) is 45.1. The minimum atomic E-state index is -0.720. The van der Waals surface area contributed by atoms with E-state index in [1.165, 1.54) is 0 Å². The Kier molecular flexibility index (Phi) is 7.55. The van der Waals surface area contributed by atoms with Gasteiger partial charge in [0.15, 0.2) is 0 Å². The quantitative estimate of drug-likeness (QED) is 0.289. The van der Waals surface area contributed by atoms with Gasteiger partial charge in [-0.15, -0.1) is 0 Å². The van der Waals surface area contributed by atoms with Gasteiger partial charge in [-0.05, 0) is 48.4 Å². The molecule has 1 saturated carbocycles. The van der Waals surface area contributed by atoms with E-state index in [1.807, 2.05) is 97.9 Å². The summed E-state index contributed by atoms with van der Waals surface area (Å²) in [6, 6.07) is 28.7. The van der Waals surface area contributed by atoms with Gasteiger partial charge in [-0.2, -0.15) is 0 Å². The van der Waals surface area contributed by atoms with Gasteiger partial charge < -0.3 is 10.2 Å². The van der Waals surface area contributed by atoms with Gasteiger partial charge in [-0.3, -0.25) is 19.3 Å². The van der Waals surface area contributed by atoms with E-state index in [1.54, 1.807) is 9.80 Å². The van der Waals surface area contributed by atoms with Crippen LogP contribution in [0.2, 0.25) is 0 Å². The minimum absolute atomic E-state index is 0.129. The van der Waals surface area contributed by atoms with Gasteiger partial charge in [0.2, 0.25) is 11.8 Å². The Morgan fingerprint density at radius 3 is 2.37 bits per heavy atom. The van der Waals surface area contributed by atoms with Crippen molar-refractivity contribution >= 4 is 34.2 Å². The molecule has 4 aromatic carbocycles. The largest absolute Gasteiger partial charge is 0.352 e. The van der Waals surface area contributed by atoms with Crippen LogP contribution >= 0.6 is 0 Å². The van der Waals surface area contributed by atoms with E-state index in [4.69, 9.17) is 0 Å². The Morgan fingerprint density at radius 1 is 0.902 bits per heavy atom. The topological polar surface area (TPSA) is 69.7 Å². The molecular weight excluding hydrogens is 510 g/mol. The third-order valence-corrected chi connectivity index (χ3v) is 8.35. The predicted molar refractivity (Wildman–Crippen MR) is 162 cm³/mol. The number of nitrogens with one attached hydrogen (secondary N) is 1. The van der Waals surface area contributed by atoms with E-state index in [0.717, 1.165) is 58.8 Å². The number of nitrogens with zero attached hydrogens (tertiary/aromatic N) is 2. The monoisotopic (exact) mass is 545 g/mol. The molecule has 0 unspecified atom stereocenters. The molecule has 0 aromatic heterocycles. The average Bonchev–Trinajstić information content (AvgIpc) is 3.59. The number of benzene rings is 4. The van der Waals surface area contributed by atoms with E-state index in [9.17, 15) is 14.4 Å². The molecule has 0 radical (unpaired) electrons. The fraction of sp³-hybridized carbons (Fsp3) is 0.286. The Bertz CT molecular complexity index is 1590. The normalized spacial score (nSPS) is 15.3. The summed E-state index contributed by atoms with van der Waals surface area (Å²) in [6.45, 7) is 2.15. The number of anilines is 1. The maximum absolute atomic E-state index is 14.3. The van der Waals surface area contributed by atoms with Crippen LogP contribution in [0.1, 0.15) is 52.7 Å². The molecule has 6 rings (SSSR count). The van der Waals surface area contributed by atoms with Crippen LogP contribution in [0, 0.1) is 6.92 Å². The molecule has 1 atom stereocenters. The van der Waals surface area contributed by atoms with Crippen LogP contribution in [-0.2, 0) is 22.6 Å². The van der Waals surface area contributed by atoms with Crippen LogP contribution in [0.4, 0.5) is 5.69 Å². The molecule has 4 aromatic rings. The van der Waals surface area contributed by atoms with E-state index >= 15 is 0 Å². The first-order chi connectivity index (χ1) is 20.0. The molecule has 3 amide bonds. The summed E-state index contributed by atoms with van der Waals surface area (Å²) in [6.07, 6.45) is 4.51. The molecule has 0 spiro atoms. The molecule has 6 heteroatoms. The Hall–Kier alpha value is -4.45. The summed E-state index contributed by atoms with van der Waals surface area (Å²) in [5.41, 5.74) is 4.36. The van der Waals surface area contributed by atoms with Gasteiger partial charge in [-0.1, -0.05) is 97.3 Å². The zero-order valence-corrected chi connectivity index (χ0v) is 23.4. The molecule has 0 bridgehead atoms. The average molecular weight is 546 g/mol. The number of carbonyl (C=O) groups excluding carboxylic acids is 3. The van der Waals surface area contributed by atoms with Gasteiger partial charge in [0.1, 0.15) is 12.6 Å². The van der Waals surface area contributed by atoms with Crippen molar-refractivity contribution < 1.29 is 14.4 Å². The lowest BCUT2D eigenvalue weighted by molar-refractivity contribution is -0.140. The number of hydrogen-bond donors (Lipinski definition) is 1. The number of hydrogen-bond acceptors (Lipinski definition) is 3. The smallest absolute Gasteiger partial charge is 0.259 e. The lowest BCUT2D eigenvalue weighted by Gasteiger charge is -2.33. The van der Waals surface area contributed by atoms with E-state index in [0.29, 0.717) is 12.0 Å². The second-order valence-corrected chi connectivity index (χ2v) is 11.3. The number of rotatable bonds is 9. The van der Waals surface area contributed by atoms with Crippen LogP contribution in [-0.4, -0.2) is 41.2 Å². The fourth-order valence-corrected chi connectivity index (χ4v) is 6.29. The van der Waals surface area contributed by atoms with Crippen molar-refractivity contribution in [1.29, 1.82) is 0 Å². The summed E-state index contributed by atoms with van der Waals surface area (Å²) in [5, 5.41) is 5.09. The third kappa shape index (κ3) is 5.60. The van der Waals surface area contributed by atoms with Gasteiger partial charge >= 0.3 is 0 Å². The highest BCUT2D eigenvalue weighted by molar-refractivity contribution is 6.26. The highest BCUT2D eigenvalue weighted by Crippen LogP contribution is 2.37. The maximum atomic E-state index is 14.3. The Morgan fingerprint density at radius 2 is 1.61 bits per heavy atom. The predicted octanol–water partition coefficient (Wildman–Crippen LogP) is 5.81. The van der Waals surface area contributed by atoms with Crippen LogP contribution in [0.25, 0.3) is 10.8 Å². The van der Waals surface area contributed by atoms with Crippen molar-refractivity contribution in [3.63, 3.8) is 0 Å². The standard InChI is InChI=1S/C35H35N3O3/c1-24-10-7-13-26(20-24)22-37(31(21-25-11-3-2-4-12-25)34(40)36-28-16-5-6-17-28)32(39)23-38-30-19-9-15-27-14-8-18-29(33(27)30)35(38)41/h2-4,7-15,18-20,28,31H,5-6,16-17,21-23H2,1H3,(H,36,40)/t31-/m0/s1. The molecule has 0 saturated heterocycles. The zero-order valence-electron chi connectivity index (χ0n) is 23.4. The van der Waals surface area contributed by atoms with Crippen LogP contribution < -0.4 is 10.2 Å². The van der Waals surface area contributed by atoms with Crippen molar-refractivity contribution in [3.05, 3.63) is 113 Å². The van der Waals surface area contributed by atoms with Crippen LogP contribution in [0.3, 0.4) is 0 Å². The van der Waals surface area contributed by atoms with Crippen molar-refractivity contribution in [2.24, 2.45) is 0 Å². The SMILES string of the molecule is Cc1cccc(CN(C(=O)CN2C(=O)c3cccc4cccc2c34)[C@@H](Cc2ccccc2)C(=O)NC2CCCC2)c1. The van der Waals surface area contributed by atoms with E-state index in [2.05, 4.69) is 5.32 Å². The third-order valence-electron chi connectivity index (χ3n) is 8.35. The van der Waals surface area contributed by atoms with Gasteiger partial charge in [0.05, 0.1) is 5.69 Å². The summed E-state index contributed by atoms with van der Waals surface area (Å²) >= 11 is 0. The first-order valence-electron chi connectivity index (χ1n) is 14.5. The molecule has 1 aliphatic carbocycles. The van der Waals surface area contributed by atoms with Gasteiger partial charge in [-0.25, -0.2) is 0 Å². The van der Waals surface area contributed by atoms with Crippen molar-refractivity contribution in [1.82, 2.24) is 10.2 Å². The first kappa shape index (κ1) is 26.8. The molecule has 1 N–H and O–H groups in total. The number of amides is 3. The lowest BCUT2D eigenvalue weighted by atomic mass is 10.0. The summed E-state index contributed by atoms with van der Waals surface area (Å²) in [5.74, 6) is -0.581. The van der Waals surface area contributed by atoms with Crippen molar-refractivity contribution in [3.8, 4) is 0 Å². The van der Waals surface area contributed by atoms with E-state index < -0.39 is 6.04 Å². The highest BCUT2D eigenvalue weighted by atomic mass is 16.2. The Balaban J connectivity index is 1.35. The molecule has 1 aliphatic heterocycles. The van der Waals surface area contributed by atoms with Crippen molar-refractivity contribution in [2.45, 2.75) is 57.7 Å². The second-order valence-electron chi connectivity index (χ2n) is 11.3. The molecule has 2 aliphatic rings. The highest BCUT2D eigenvalue weighted by Gasteiger charge is 2.36. The molecule has 6 nitrogen and oxygen atoms in total. The fourth-order valence-electron chi connectivity index (χ4n) is 6.29. The molecule has 208 valence electrons. The Labute approximate surface area is 241 Å². The number of aryl methyl sites for hydroxylation is 1. The lowest BCUT2D eigenvalue weighted by Crippen LogP contribution is -2.54. The van der Waals surface area contributed by atoms with Crippen LogP contribution in [0.5, 0.6) is 0 Å². The molecule has 1 heterocycles. The second kappa shape index (κ2) is 11.6. The summed E-state index contributed by atoms with van der Waals surface area (Å²) < 4.78 is 0. The molecule has 41 heavy (non-hydrogen) atoms. The summed E-state index contributed by atoms with van der Waals surface area (Å²) in [7, 11) is 0. The molecular formula is C35H35N3O3.